The highest BCUT2D eigenvalue weighted by atomic mass is 35.5. The van der Waals surface area contributed by atoms with Crippen molar-refractivity contribution in [2.75, 3.05) is 19.0 Å². The Morgan fingerprint density at radius 3 is 2.47 bits per heavy atom. The predicted molar refractivity (Wildman–Crippen MR) is 123 cm³/mol. The Morgan fingerprint density at radius 1 is 1.12 bits per heavy atom. The number of rotatable bonds is 9. The fraction of sp³-hybridized carbons (Fsp3) is 0.211. The van der Waals surface area contributed by atoms with E-state index < -0.39 is 22.0 Å². The van der Waals surface area contributed by atoms with Crippen molar-refractivity contribution in [1.82, 2.24) is 14.9 Å². The van der Waals surface area contributed by atoms with Gasteiger partial charge in [0, 0.05) is 5.02 Å². The van der Waals surface area contributed by atoms with Crippen LogP contribution in [-0.4, -0.2) is 44.3 Å². The molecule has 1 aromatic heterocycles. The molecule has 2 N–H and O–H groups in total. The number of hydrogen-bond acceptors (Lipinski definition) is 8. The molecule has 0 radical (unpaired) electrons. The normalized spacial score (nSPS) is 12.2. The topological polar surface area (TPSA) is 120 Å². The van der Waals surface area contributed by atoms with Crippen LogP contribution in [0, 0.1) is 0 Å². The molecule has 170 valence electrons. The molecule has 0 saturated carbocycles. The average molecular weight is 517 g/mol. The summed E-state index contributed by atoms with van der Waals surface area (Å²) >= 11 is 12.5. The first kappa shape index (κ1) is 24.2. The minimum Gasteiger partial charge on any atom is -0.497 e. The van der Waals surface area contributed by atoms with Gasteiger partial charge in [-0.2, -0.15) is 0 Å². The van der Waals surface area contributed by atoms with Gasteiger partial charge in [0.25, 0.3) is 15.9 Å². The van der Waals surface area contributed by atoms with E-state index in [0.29, 0.717) is 27.9 Å². The number of anilines is 1. The molecule has 3 aromatic rings. The second kappa shape index (κ2) is 10.5. The van der Waals surface area contributed by atoms with E-state index in [2.05, 4.69) is 20.2 Å². The molecule has 0 unspecified atom stereocenters. The smallest absolute Gasteiger partial charge is 0.270 e. The number of nitrogens with one attached hydrogen (secondary N) is 2. The van der Waals surface area contributed by atoms with Crippen LogP contribution in [0.5, 0.6) is 11.5 Å². The van der Waals surface area contributed by atoms with Crippen LogP contribution >= 0.6 is 34.5 Å². The SMILES string of the molecule is COc1ccc(OC[C@@H](C)NS(=O)(=O)c2nnc(NC(=O)c3ccc(Cl)cc3Cl)s2)cc1. The monoisotopic (exact) mass is 516 g/mol. The summed E-state index contributed by atoms with van der Waals surface area (Å²) in [6.07, 6.45) is 0. The third kappa shape index (κ3) is 6.30. The molecule has 1 amide bonds. The molecule has 1 atom stereocenters. The van der Waals surface area contributed by atoms with Gasteiger partial charge in [-0.25, -0.2) is 13.1 Å². The van der Waals surface area contributed by atoms with Gasteiger partial charge in [0.2, 0.25) is 9.47 Å². The van der Waals surface area contributed by atoms with Crippen LogP contribution in [0.15, 0.2) is 46.8 Å². The van der Waals surface area contributed by atoms with Crippen molar-refractivity contribution in [3.05, 3.63) is 58.1 Å². The molecule has 0 aliphatic rings. The quantitative estimate of drug-likeness (QED) is 0.414. The molecular weight excluding hydrogens is 499 g/mol. The zero-order valence-corrected chi connectivity index (χ0v) is 20.0. The maximum absolute atomic E-state index is 12.6. The van der Waals surface area contributed by atoms with Gasteiger partial charge in [0.15, 0.2) is 0 Å². The lowest BCUT2D eigenvalue weighted by Crippen LogP contribution is -2.36. The Morgan fingerprint density at radius 2 is 1.81 bits per heavy atom. The number of nitrogens with zero attached hydrogens (tertiary/aromatic N) is 2. The van der Waals surface area contributed by atoms with Crippen LogP contribution in [-0.2, 0) is 10.0 Å². The Bertz CT molecular complexity index is 1200. The first-order chi connectivity index (χ1) is 15.2. The maximum atomic E-state index is 12.6. The lowest BCUT2D eigenvalue weighted by molar-refractivity contribution is 0.102. The van der Waals surface area contributed by atoms with Gasteiger partial charge in [0.05, 0.1) is 23.7 Å². The van der Waals surface area contributed by atoms with Gasteiger partial charge in [-0.15, -0.1) is 10.2 Å². The van der Waals surface area contributed by atoms with Crippen LogP contribution < -0.4 is 19.5 Å². The summed E-state index contributed by atoms with van der Waals surface area (Å²) in [7, 11) is -2.41. The fourth-order valence-electron chi connectivity index (χ4n) is 2.45. The van der Waals surface area contributed by atoms with Crippen molar-refractivity contribution in [2.45, 2.75) is 17.3 Å². The van der Waals surface area contributed by atoms with Gasteiger partial charge in [-0.1, -0.05) is 34.5 Å². The highest BCUT2D eigenvalue weighted by Crippen LogP contribution is 2.24. The van der Waals surface area contributed by atoms with Crippen LogP contribution in [0.1, 0.15) is 17.3 Å². The summed E-state index contributed by atoms with van der Waals surface area (Å²) in [5.41, 5.74) is 0.165. The summed E-state index contributed by atoms with van der Waals surface area (Å²) < 4.78 is 38.0. The molecule has 3 rings (SSSR count). The van der Waals surface area contributed by atoms with Crippen LogP contribution in [0.2, 0.25) is 10.0 Å². The second-order valence-corrected chi connectivity index (χ2v) is 10.2. The lowest BCUT2D eigenvalue weighted by atomic mass is 10.2. The zero-order chi connectivity index (χ0) is 23.3. The minimum absolute atomic E-state index is 0.00327. The predicted octanol–water partition coefficient (Wildman–Crippen LogP) is 3.85. The van der Waals surface area contributed by atoms with E-state index in [4.69, 9.17) is 32.7 Å². The number of hydrogen-bond donors (Lipinski definition) is 2. The number of halogens is 2. The number of benzene rings is 2. The van der Waals surface area contributed by atoms with Crippen molar-refractivity contribution >= 4 is 55.6 Å². The number of carbonyl (C=O) groups excluding carboxylic acids is 1. The van der Waals surface area contributed by atoms with Crippen molar-refractivity contribution < 1.29 is 22.7 Å². The molecule has 0 saturated heterocycles. The van der Waals surface area contributed by atoms with E-state index in [1.165, 1.54) is 18.2 Å². The summed E-state index contributed by atoms with van der Waals surface area (Å²) in [6, 6.07) is 10.7. The molecule has 2 aromatic carbocycles. The molecule has 0 fully saturated rings. The largest absolute Gasteiger partial charge is 0.497 e. The van der Waals surface area contributed by atoms with Gasteiger partial charge in [0.1, 0.15) is 18.1 Å². The first-order valence-electron chi connectivity index (χ1n) is 9.07. The minimum atomic E-state index is -3.97. The van der Waals surface area contributed by atoms with Gasteiger partial charge in [-0.3, -0.25) is 10.1 Å². The molecule has 0 bridgehead atoms. The number of sulfonamides is 1. The Balaban J connectivity index is 1.59. The van der Waals surface area contributed by atoms with Crippen LogP contribution in [0.3, 0.4) is 0 Å². The zero-order valence-electron chi connectivity index (χ0n) is 16.8. The van der Waals surface area contributed by atoms with Crippen LogP contribution in [0.4, 0.5) is 5.13 Å². The number of methoxy groups -OCH3 is 1. The van der Waals surface area contributed by atoms with Crippen molar-refractivity contribution in [2.24, 2.45) is 0 Å². The summed E-state index contributed by atoms with van der Waals surface area (Å²) in [5.74, 6) is 0.684. The number of carbonyl (C=O) groups is 1. The van der Waals surface area contributed by atoms with Crippen molar-refractivity contribution in [3.63, 3.8) is 0 Å². The first-order valence-corrected chi connectivity index (χ1v) is 12.1. The van der Waals surface area contributed by atoms with Crippen molar-refractivity contribution in [3.8, 4) is 11.5 Å². The number of aromatic nitrogens is 2. The third-order valence-corrected chi connectivity index (χ3v) is 7.29. The molecule has 13 heteroatoms. The average Bonchev–Trinajstić information content (AvgIpc) is 3.21. The van der Waals surface area contributed by atoms with E-state index >= 15 is 0 Å². The van der Waals surface area contributed by atoms with Crippen molar-refractivity contribution in [1.29, 1.82) is 0 Å². The molecule has 0 spiro atoms. The summed E-state index contributed by atoms with van der Waals surface area (Å²) in [4.78, 5) is 12.4. The Hall–Kier alpha value is -2.44. The van der Waals surface area contributed by atoms with E-state index in [9.17, 15) is 13.2 Å². The second-order valence-electron chi connectivity index (χ2n) is 6.46. The van der Waals surface area contributed by atoms with Crippen LogP contribution in [0.25, 0.3) is 0 Å². The van der Waals surface area contributed by atoms with Gasteiger partial charge >= 0.3 is 0 Å². The Kier molecular flexibility index (Phi) is 7.91. The molecule has 0 aliphatic heterocycles. The van der Waals surface area contributed by atoms with E-state index in [1.807, 2.05) is 0 Å². The van der Waals surface area contributed by atoms with E-state index in [0.717, 1.165) is 0 Å². The standard InChI is InChI=1S/C19H18Cl2N4O5S2/c1-11(10-30-14-6-4-13(29-2)5-7-14)25-32(27,28)19-24-23-18(31-19)22-17(26)15-8-3-12(20)9-16(15)21/h3-9,11,25H,10H2,1-2H3,(H,22,23,26)/t11-/m1/s1. The molecule has 32 heavy (non-hydrogen) atoms. The Labute approximate surface area is 198 Å². The highest BCUT2D eigenvalue weighted by Gasteiger charge is 2.24. The van der Waals surface area contributed by atoms with E-state index in [1.54, 1.807) is 38.3 Å². The fourth-order valence-corrected chi connectivity index (χ4v) is 5.08. The van der Waals surface area contributed by atoms with E-state index in [-0.39, 0.29) is 26.7 Å². The number of amides is 1. The lowest BCUT2D eigenvalue weighted by Gasteiger charge is -2.14. The van der Waals surface area contributed by atoms with Gasteiger partial charge < -0.3 is 9.47 Å². The maximum Gasteiger partial charge on any atom is 0.270 e. The third-order valence-electron chi connectivity index (χ3n) is 3.95. The molecule has 0 aliphatic carbocycles. The molecule has 1 heterocycles. The number of ether oxygens (including phenoxy) is 2. The molecular formula is C19H18Cl2N4O5S2. The van der Waals surface area contributed by atoms with Gasteiger partial charge in [-0.05, 0) is 49.4 Å². The molecule has 9 nitrogen and oxygen atoms in total. The summed E-state index contributed by atoms with van der Waals surface area (Å²) in [6.45, 7) is 1.73. The highest BCUT2D eigenvalue weighted by molar-refractivity contribution is 7.91. The summed E-state index contributed by atoms with van der Waals surface area (Å²) in [5, 5.41) is 10.4.